The summed E-state index contributed by atoms with van der Waals surface area (Å²) in [5.41, 5.74) is 5.72. The normalized spacial score (nSPS) is 30.0. The summed E-state index contributed by atoms with van der Waals surface area (Å²) in [5, 5.41) is 0. The highest BCUT2D eigenvalue weighted by atomic mass is 15.2. The van der Waals surface area contributed by atoms with Crippen molar-refractivity contribution < 1.29 is 0 Å². The van der Waals surface area contributed by atoms with Gasteiger partial charge in [0.2, 0.25) is 0 Å². The van der Waals surface area contributed by atoms with E-state index in [0.29, 0.717) is 12.1 Å². The Morgan fingerprint density at radius 3 is 2.44 bits per heavy atom. The van der Waals surface area contributed by atoms with Gasteiger partial charge in [0.25, 0.3) is 0 Å². The van der Waals surface area contributed by atoms with Gasteiger partial charge in [0.15, 0.2) is 0 Å². The Morgan fingerprint density at radius 2 is 2.22 bits per heavy atom. The van der Waals surface area contributed by atoms with Crippen LogP contribution >= 0.6 is 0 Å². The lowest BCUT2D eigenvalue weighted by Crippen LogP contribution is -2.31. The topological polar surface area (TPSA) is 29.3 Å². The van der Waals surface area contributed by atoms with E-state index >= 15 is 0 Å². The fraction of sp³-hybridized carbons (Fsp3) is 1.00. The molecule has 2 heteroatoms. The molecule has 0 bridgehead atoms. The Hall–Kier alpha value is -0.0800. The lowest BCUT2D eigenvalue weighted by Gasteiger charge is -2.19. The van der Waals surface area contributed by atoms with Gasteiger partial charge >= 0.3 is 0 Å². The molecule has 0 aromatic carbocycles. The summed E-state index contributed by atoms with van der Waals surface area (Å²) in [7, 11) is 0. The van der Waals surface area contributed by atoms with Gasteiger partial charge in [-0.1, -0.05) is 0 Å². The van der Waals surface area contributed by atoms with E-state index in [9.17, 15) is 0 Å². The second kappa shape index (κ2) is 2.67. The van der Waals surface area contributed by atoms with E-state index in [0.717, 1.165) is 6.54 Å². The smallest absolute Gasteiger partial charge is 0.0180 e. The molecule has 1 heterocycles. The van der Waals surface area contributed by atoms with Crippen molar-refractivity contribution in [1.82, 2.24) is 4.90 Å². The monoisotopic (exact) mass is 128 g/mol. The zero-order valence-corrected chi connectivity index (χ0v) is 6.30. The molecule has 1 rings (SSSR count). The molecule has 1 saturated heterocycles. The van der Waals surface area contributed by atoms with E-state index in [-0.39, 0.29) is 0 Å². The Bertz CT molecular complexity index is 90.9. The fourth-order valence-electron chi connectivity index (χ4n) is 1.28. The molecule has 1 aliphatic rings. The van der Waals surface area contributed by atoms with Gasteiger partial charge in [-0.3, -0.25) is 4.90 Å². The highest BCUT2D eigenvalue weighted by molar-refractivity contribution is 4.79. The van der Waals surface area contributed by atoms with Gasteiger partial charge in [0.1, 0.15) is 0 Å². The van der Waals surface area contributed by atoms with Crippen molar-refractivity contribution in [2.75, 3.05) is 13.1 Å². The van der Waals surface area contributed by atoms with Crippen LogP contribution in [0.25, 0.3) is 0 Å². The van der Waals surface area contributed by atoms with Gasteiger partial charge in [0, 0.05) is 18.6 Å². The van der Waals surface area contributed by atoms with Gasteiger partial charge in [0.05, 0.1) is 0 Å². The molecular formula is C7H16N2. The van der Waals surface area contributed by atoms with Crippen LogP contribution in [-0.4, -0.2) is 30.1 Å². The van der Waals surface area contributed by atoms with Crippen LogP contribution in [0.3, 0.4) is 0 Å². The molecule has 0 aromatic rings. The molecule has 0 spiro atoms. The second-order valence-corrected chi connectivity index (χ2v) is 3.14. The van der Waals surface area contributed by atoms with Crippen molar-refractivity contribution in [1.29, 1.82) is 0 Å². The van der Waals surface area contributed by atoms with Gasteiger partial charge < -0.3 is 5.73 Å². The minimum Gasteiger partial charge on any atom is -0.326 e. The van der Waals surface area contributed by atoms with Crippen molar-refractivity contribution in [3.8, 4) is 0 Å². The van der Waals surface area contributed by atoms with Crippen LogP contribution in [0.1, 0.15) is 20.3 Å². The SMILES string of the molecule is CC(C)N1CCC(N)C1. The van der Waals surface area contributed by atoms with Crippen LogP contribution in [0.4, 0.5) is 0 Å². The molecule has 54 valence electrons. The van der Waals surface area contributed by atoms with Crippen LogP contribution in [0.2, 0.25) is 0 Å². The van der Waals surface area contributed by atoms with Crippen LogP contribution < -0.4 is 5.73 Å². The fourth-order valence-corrected chi connectivity index (χ4v) is 1.28. The zero-order chi connectivity index (χ0) is 6.85. The minimum atomic E-state index is 0.437. The van der Waals surface area contributed by atoms with E-state index in [1.165, 1.54) is 13.0 Å². The van der Waals surface area contributed by atoms with E-state index in [1.807, 2.05) is 0 Å². The quantitative estimate of drug-likeness (QED) is 0.555. The van der Waals surface area contributed by atoms with Gasteiger partial charge in [-0.2, -0.15) is 0 Å². The van der Waals surface area contributed by atoms with E-state index in [4.69, 9.17) is 5.73 Å². The maximum Gasteiger partial charge on any atom is 0.0180 e. The predicted molar refractivity (Wildman–Crippen MR) is 39.3 cm³/mol. The zero-order valence-electron chi connectivity index (χ0n) is 6.30. The van der Waals surface area contributed by atoms with Crippen LogP contribution in [0.5, 0.6) is 0 Å². The number of hydrogen-bond donors (Lipinski definition) is 1. The first-order chi connectivity index (χ1) is 4.20. The number of likely N-dealkylation sites (tertiary alicyclic amines) is 1. The van der Waals surface area contributed by atoms with Gasteiger partial charge in [-0.15, -0.1) is 0 Å². The number of nitrogens with two attached hydrogens (primary N) is 1. The second-order valence-electron chi connectivity index (χ2n) is 3.14. The van der Waals surface area contributed by atoms with Crippen LogP contribution in [-0.2, 0) is 0 Å². The molecule has 1 atom stereocenters. The van der Waals surface area contributed by atoms with Crippen molar-refractivity contribution in [3.63, 3.8) is 0 Å². The molecule has 1 unspecified atom stereocenters. The molecule has 0 aromatic heterocycles. The first-order valence-corrected chi connectivity index (χ1v) is 3.70. The van der Waals surface area contributed by atoms with Crippen LogP contribution in [0, 0.1) is 0 Å². The van der Waals surface area contributed by atoms with Gasteiger partial charge in [-0.25, -0.2) is 0 Å². The molecule has 0 amide bonds. The summed E-state index contributed by atoms with van der Waals surface area (Å²) in [6.07, 6.45) is 1.18. The third kappa shape index (κ3) is 1.66. The maximum atomic E-state index is 5.72. The van der Waals surface area contributed by atoms with Crippen molar-refractivity contribution in [3.05, 3.63) is 0 Å². The van der Waals surface area contributed by atoms with Crippen molar-refractivity contribution >= 4 is 0 Å². The Kier molecular flexibility index (Phi) is 2.09. The van der Waals surface area contributed by atoms with E-state index < -0.39 is 0 Å². The Balaban J connectivity index is 2.30. The molecule has 0 aliphatic carbocycles. The third-order valence-corrected chi connectivity index (χ3v) is 1.99. The summed E-state index contributed by atoms with van der Waals surface area (Å²) in [4.78, 5) is 2.42. The summed E-state index contributed by atoms with van der Waals surface area (Å²) in [5.74, 6) is 0. The molecular weight excluding hydrogens is 112 g/mol. The number of hydrogen-bond acceptors (Lipinski definition) is 2. The van der Waals surface area contributed by atoms with Crippen LogP contribution in [0.15, 0.2) is 0 Å². The molecule has 2 N–H and O–H groups in total. The van der Waals surface area contributed by atoms with E-state index in [1.54, 1.807) is 0 Å². The Labute approximate surface area is 57.0 Å². The lowest BCUT2D eigenvalue weighted by molar-refractivity contribution is 0.272. The van der Waals surface area contributed by atoms with E-state index in [2.05, 4.69) is 18.7 Å². The third-order valence-electron chi connectivity index (χ3n) is 1.99. The standard InChI is InChI=1S/C7H16N2/c1-6(2)9-4-3-7(8)5-9/h6-7H,3-5,8H2,1-2H3. The Morgan fingerprint density at radius 1 is 1.56 bits per heavy atom. The van der Waals surface area contributed by atoms with Gasteiger partial charge in [-0.05, 0) is 26.8 Å². The highest BCUT2D eigenvalue weighted by Crippen LogP contribution is 2.09. The summed E-state index contributed by atoms with van der Waals surface area (Å²) in [6.45, 7) is 6.73. The molecule has 9 heavy (non-hydrogen) atoms. The summed E-state index contributed by atoms with van der Waals surface area (Å²) >= 11 is 0. The first kappa shape index (κ1) is 7.03. The lowest BCUT2D eigenvalue weighted by atomic mass is 10.3. The summed E-state index contributed by atoms with van der Waals surface area (Å²) in [6, 6.07) is 1.12. The molecule has 2 nitrogen and oxygen atoms in total. The predicted octanol–water partition coefficient (Wildman–Crippen LogP) is 0.428. The number of nitrogens with zero attached hydrogens (tertiary/aromatic N) is 1. The molecule has 0 radical (unpaired) electrons. The maximum absolute atomic E-state index is 5.72. The number of rotatable bonds is 1. The molecule has 1 fully saturated rings. The first-order valence-electron chi connectivity index (χ1n) is 3.70. The average molecular weight is 128 g/mol. The average Bonchev–Trinajstić information content (AvgIpc) is 2.14. The van der Waals surface area contributed by atoms with Crippen molar-refractivity contribution in [2.24, 2.45) is 5.73 Å². The highest BCUT2D eigenvalue weighted by Gasteiger charge is 2.20. The largest absolute Gasteiger partial charge is 0.326 e. The molecule has 1 aliphatic heterocycles. The van der Waals surface area contributed by atoms with Crippen molar-refractivity contribution in [2.45, 2.75) is 32.4 Å². The minimum absolute atomic E-state index is 0.437. The molecule has 0 saturated carbocycles. The summed E-state index contributed by atoms with van der Waals surface area (Å²) < 4.78 is 0.